The predicted molar refractivity (Wildman–Crippen MR) is 103 cm³/mol. The first-order valence-corrected chi connectivity index (χ1v) is 9.83. The van der Waals surface area contributed by atoms with Gasteiger partial charge >= 0.3 is 12.1 Å². The van der Waals surface area contributed by atoms with Crippen LogP contribution in [0.2, 0.25) is 0 Å². The fourth-order valence-electron chi connectivity index (χ4n) is 2.93. The Morgan fingerprint density at radius 3 is 2.30 bits per heavy atom. The molecule has 0 radical (unpaired) electrons. The van der Waals surface area contributed by atoms with Gasteiger partial charge < -0.3 is 19.7 Å². The second-order valence-electron chi connectivity index (χ2n) is 9.16. The van der Waals surface area contributed by atoms with Crippen LogP contribution >= 0.6 is 0 Å². The number of alkyl carbamates (subject to hydrolysis) is 1. The number of ether oxygens (including phenoxy) is 2. The van der Waals surface area contributed by atoms with Crippen molar-refractivity contribution < 1.29 is 23.9 Å². The van der Waals surface area contributed by atoms with Gasteiger partial charge in [-0.25, -0.2) is 9.59 Å². The van der Waals surface area contributed by atoms with Gasteiger partial charge in [0.05, 0.1) is 6.61 Å². The summed E-state index contributed by atoms with van der Waals surface area (Å²) in [4.78, 5) is 39.3. The minimum atomic E-state index is -0.795. The zero-order valence-electron chi connectivity index (χ0n) is 17.9. The van der Waals surface area contributed by atoms with Crippen molar-refractivity contribution in [3.63, 3.8) is 0 Å². The highest BCUT2D eigenvalue weighted by atomic mass is 16.6. The fourth-order valence-corrected chi connectivity index (χ4v) is 2.93. The normalized spacial score (nSPS) is 18.8. The summed E-state index contributed by atoms with van der Waals surface area (Å²) in [5.74, 6) is -0.637. The summed E-state index contributed by atoms with van der Waals surface area (Å²) >= 11 is 0. The first kappa shape index (κ1) is 23.2. The van der Waals surface area contributed by atoms with E-state index < -0.39 is 29.2 Å². The molecule has 0 unspecified atom stereocenters. The summed E-state index contributed by atoms with van der Waals surface area (Å²) < 4.78 is 10.6. The summed E-state index contributed by atoms with van der Waals surface area (Å²) in [6.45, 7) is 13.8. The summed E-state index contributed by atoms with van der Waals surface area (Å²) in [5.41, 5.74) is -1.19. The van der Waals surface area contributed by atoms with Crippen molar-refractivity contribution in [1.82, 2.24) is 10.2 Å². The van der Waals surface area contributed by atoms with Gasteiger partial charge in [0.1, 0.15) is 17.7 Å². The molecule has 7 heteroatoms. The van der Waals surface area contributed by atoms with Crippen LogP contribution in [0.4, 0.5) is 4.79 Å². The van der Waals surface area contributed by atoms with Crippen LogP contribution in [0.25, 0.3) is 0 Å². The molecule has 1 fully saturated rings. The zero-order valence-corrected chi connectivity index (χ0v) is 17.9. The van der Waals surface area contributed by atoms with Crippen LogP contribution in [0.5, 0.6) is 0 Å². The molecule has 0 bridgehead atoms. The number of rotatable bonds is 6. The van der Waals surface area contributed by atoms with Crippen molar-refractivity contribution in [2.24, 2.45) is 5.41 Å². The summed E-state index contributed by atoms with van der Waals surface area (Å²) in [6, 6.07) is -1.38. The van der Waals surface area contributed by atoms with Crippen molar-refractivity contribution in [3.8, 4) is 0 Å². The van der Waals surface area contributed by atoms with Crippen LogP contribution < -0.4 is 5.32 Å². The zero-order chi connectivity index (χ0) is 20.8. The molecule has 1 heterocycles. The highest BCUT2D eigenvalue weighted by molar-refractivity contribution is 5.90. The van der Waals surface area contributed by atoms with Gasteiger partial charge in [-0.15, -0.1) is 0 Å². The first-order chi connectivity index (χ1) is 12.4. The molecule has 7 nitrogen and oxygen atoms in total. The van der Waals surface area contributed by atoms with E-state index in [-0.39, 0.29) is 11.9 Å². The number of amides is 2. The van der Waals surface area contributed by atoms with E-state index in [1.54, 1.807) is 25.7 Å². The molecular weight excluding hydrogens is 348 g/mol. The molecule has 27 heavy (non-hydrogen) atoms. The topological polar surface area (TPSA) is 84.9 Å². The van der Waals surface area contributed by atoms with Gasteiger partial charge in [0, 0.05) is 6.54 Å². The number of hydrogen-bond donors (Lipinski definition) is 1. The number of hydrogen-bond acceptors (Lipinski definition) is 5. The summed E-state index contributed by atoms with van der Waals surface area (Å²) in [7, 11) is 0. The number of nitrogens with one attached hydrogen (secondary N) is 1. The Morgan fingerprint density at radius 1 is 1.15 bits per heavy atom. The average molecular weight is 385 g/mol. The molecule has 0 aromatic heterocycles. The van der Waals surface area contributed by atoms with Crippen LogP contribution in [-0.4, -0.2) is 53.7 Å². The third kappa shape index (κ3) is 7.39. The Balaban J connectivity index is 2.88. The van der Waals surface area contributed by atoms with E-state index in [1.807, 2.05) is 27.7 Å². The fraction of sp³-hybridized carbons (Fsp3) is 0.850. The van der Waals surface area contributed by atoms with E-state index in [2.05, 4.69) is 5.32 Å². The van der Waals surface area contributed by atoms with Gasteiger partial charge in [0.15, 0.2) is 0 Å². The molecule has 0 saturated carbocycles. The van der Waals surface area contributed by atoms with Gasteiger partial charge in [0.25, 0.3) is 0 Å². The Morgan fingerprint density at radius 2 is 1.78 bits per heavy atom. The van der Waals surface area contributed by atoms with E-state index >= 15 is 0 Å². The lowest BCUT2D eigenvalue weighted by atomic mass is 9.85. The Bertz CT molecular complexity index is 533. The van der Waals surface area contributed by atoms with Gasteiger partial charge in [0.2, 0.25) is 5.91 Å². The SMILES string of the molecule is CCCCOC(=O)[C@@H]1CCCN1C(=O)[C@@H](NC(=O)OC(C)(C)C)C(C)(C)C. The molecule has 0 aliphatic carbocycles. The van der Waals surface area contributed by atoms with E-state index in [1.165, 1.54) is 0 Å². The molecule has 1 saturated heterocycles. The van der Waals surface area contributed by atoms with Crippen molar-refractivity contribution in [2.75, 3.05) is 13.2 Å². The predicted octanol–water partition coefficient (Wildman–Crippen LogP) is 3.26. The molecular formula is C20H36N2O5. The largest absolute Gasteiger partial charge is 0.464 e. The quantitative estimate of drug-likeness (QED) is 0.561. The Labute approximate surface area is 163 Å². The second-order valence-corrected chi connectivity index (χ2v) is 9.16. The van der Waals surface area contributed by atoms with Crippen molar-refractivity contribution in [2.45, 2.75) is 91.8 Å². The molecule has 0 spiro atoms. The minimum Gasteiger partial charge on any atom is -0.464 e. The van der Waals surface area contributed by atoms with Crippen LogP contribution in [-0.2, 0) is 19.1 Å². The lowest BCUT2D eigenvalue weighted by Gasteiger charge is -2.35. The Kier molecular flexibility index (Phi) is 8.11. The number of nitrogens with zero attached hydrogens (tertiary/aromatic N) is 1. The number of unbranched alkanes of at least 4 members (excludes halogenated alkanes) is 1. The second kappa shape index (κ2) is 9.42. The van der Waals surface area contributed by atoms with Crippen molar-refractivity contribution in [1.29, 1.82) is 0 Å². The van der Waals surface area contributed by atoms with Gasteiger partial charge in [-0.05, 0) is 45.4 Å². The van der Waals surface area contributed by atoms with Gasteiger partial charge in [-0.1, -0.05) is 34.1 Å². The molecule has 2 atom stereocenters. The number of esters is 1. The van der Waals surface area contributed by atoms with Crippen LogP contribution in [0, 0.1) is 5.41 Å². The molecule has 1 N–H and O–H groups in total. The van der Waals surface area contributed by atoms with E-state index in [9.17, 15) is 14.4 Å². The number of likely N-dealkylation sites (tertiary alicyclic amines) is 1. The van der Waals surface area contributed by atoms with E-state index in [4.69, 9.17) is 9.47 Å². The molecule has 1 aliphatic rings. The molecule has 2 amide bonds. The van der Waals surface area contributed by atoms with Gasteiger partial charge in [-0.3, -0.25) is 4.79 Å². The summed E-state index contributed by atoms with van der Waals surface area (Å²) in [6.07, 6.45) is 2.42. The smallest absolute Gasteiger partial charge is 0.408 e. The monoisotopic (exact) mass is 384 g/mol. The molecule has 1 rings (SSSR count). The molecule has 156 valence electrons. The summed E-state index contributed by atoms with van der Waals surface area (Å²) in [5, 5.41) is 2.70. The van der Waals surface area contributed by atoms with Crippen molar-refractivity contribution in [3.05, 3.63) is 0 Å². The van der Waals surface area contributed by atoms with Crippen LogP contribution in [0.3, 0.4) is 0 Å². The first-order valence-electron chi connectivity index (χ1n) is 9.83. The maximum absolute atomic E-state index is 13.2. The van der Waals surface area contributed by atoms with E-state index in [0.717, 1.165) is 19.3 Å². The van der Waals surface area contributed by atoms with Crippen molar-refractivity contribution >= 4 is 18.0 Å². The third-order valence-electron chi connectivity index (χ3n) is 4.32. The third-order valence-corrected chi connectivity index (χ3v) is 4.32. The number of carbonyl (C=O) groups excluding carboxylic acids is 3. The lowest BCUT2D eigenvalue weighted by Crippen LogP contribution is -2.57. The number of carbonyl (C=O) groups is 3. The van der Waals surface area contributed by atoms with E-state index in [0.29, 0.717) is 19.6 Å². The molecule has 1 aliphatic heterocycles. The average Bonchev–Trinajstić information content (AvgIpc) is 2.99. The maximum Gasteiger partial charge on any atom is 0.408 e. The minimum absolute atomic E-state index is 0.275. The Hall–Kier alpha value is -1.79. The highest BCUT2D eigenvalue weighted by Crippen LogP contribution is 2.26. The highest BCUT2D eigenvalue weighted by Gasteiger charge is 2.42. The lowest BCUT2D eigenvalue weighted by molar-refractivity contribution is -0.154. The molecule has 0 aromatic rings. The van der Waals surface area contributed by atoms with Crippen LogP contribution in [0.15, 0.2) is 0 Å². The standard InChI is InChI=1S/C20H36N2O5/c1-8-9-13-26-17(24)14-11-10-12-22(14)16(23)15(19(2,3)4)21-18(25)27-20(5,6)7/h14-15H,8-13H2,1-7H3,(H,21,25)/t14-,15+/m0/s1. The maximum atomic E-state index is 13.2. The van der Waals surface area contributed by atoms with Crippen LogP contribution in [0.1, 0.15) is 74.1 Å². The van der Waals surface area contributed by atoms with Gasteiger partial charge in [-0.2, -0.15) is 0 Å². The molecule has 0 aromatic carbocycles.